The summed E-state index contributed by atoms with van der Waals surface area (Å²) < 4.78 is 11.3. The number of carbonyl (C=O) groups excluding carboxylic acids is 3. The van der Waals surface area contributed by atoms with E-state index in [2.05, 4.69) is 44.7 Å². The zero-order valence-electron chi connectivity index (χ0n) is 34.5. The summed E-state index contributed by atoms with van der Waals surface area (Å²) in [6.07, 6.45) is 35.0. The third-order valence-corrected chi connectivity index (χ3v) is 10.1. The first-order valence-corrected chi connectivity index (χ1v) is 21.8. The van der Waals surface area contributed by atoms with E-state index in [1.54, 1.807) is 4.90 Å². The maximum absolute atomic E-state index is 13.2. The zero-order valence-corrected chi connectivity index (χ0v) is 34.5. The summed E-state index contributed by atoms with van der Waals surface area (Å²) in [6, 6.07) is 0. The Morgan fingerprint density at radius 2 is 0.980 bits per heavy atom. The SMILES string of the molecule is CCCCCCCC/C=C\CCCCCCCC(=O)OCCN(CCOC(=O)C(CCCCCC)CCCCCCCC)C(=O)CCN(C)CC. The van der Waals surface area contributed by atoms with Crippen LogP contribution in [0.4, 0.5) is 0 Å². The predicted octanol–water partition coefficient (Wildman–Crippen LogP) is 11.6. The van der Waals surface area contributed by atoms with E-state index in [9.17, 15) is 14.4 Å². The van der Waals surface area contributed by atoms with Gasteiger partial charge in [0.05, 0.1) is 19.0 Å². The first-order chi connectivity index (χ1) is 24.9. The van der Waals surface area contributed by atoms with Gasteiger partial charge in [0.1, 0.15) is 13.2 Å². The molecule has 0 spiro atoms. The molecule has 0 N–H and O–H groups in total. The summed E-state index contributed by atoms with van der Waals surface area (Å²) in [5.41, 5.74) is 0. The average molecular weight is 721 g/mol. The molecule has 0 aliphatic heterocycles. The number of unbranched alkanes of at least 4 members (excludes halogenated alkanes) is 19. The van der Waals surface area contributed by atoms with Crippen molar-refractivity contribution in [2.24, 2.45) is 5.92 Å². The minimum Gasteiger partial charge on any atom is -0.464 e. The number of hydrogen-bond donors (Lipinski definition) is 0. The Kier molecular flexibility index (Phi) is 36.5. The number of hydrogen-bond acceptors (Lipinski definition) is 6. The summed E-state index contributed by atoms with van der Waals surface area (Å²) >= 11 is 0. The van der Waals surface area contributed by atoms with Gasteiger partial charge in [0.2, 0.25) is 5.91 Å². The van der Waals surface area contributed by atoms with E-state index >= 15 is 0 Å². The van der Waals surface area contributed by atoms with Crippen molar-refractivity contribution in [2.75, 3.05) is 46.4 Å². The van der Waals surface area contributed by atoms with Crippen LogP contribution in [0.5, 0.6) is 0 Å². The monoisotopic (exact) mass is 721 g/mol. The molecule has 0 saturated carbocycles. The number of esters is 2. The van der Waals surface area contributed by atoms with Crippen LogP contribution in [0.1, 0.15) is 201 Å². The number of carbonyl (C=O) groups is 3. The summed E-state index contributed by atoms with van der Waals surface area (Å²) in [7, 11) is 2.00. The molecule has 1 unspecified atom stereocenters. The van der Waals surface area contributed by atoms with Gasteiger partial charge in [0.25, 0.3) is 0 Å². The molecule has 0 aromatic carbocycles. The van der Waals surface area contributed by atoms with Crippen LogP contribution in [0.2, 0.25) is 0 Å². The standard InChI is InChI=1S/C44H84N2O5/c1-6-10-13-16-18-19-20-21-22-23-24-25-26-28-31-34-43(48)50-39-37-46(42(47)35-36-45(5)9-4)38-40-51-44(49)41(32-29-15-12-8-3)33-30-27-17-14-11-7-2/h21-22,41H,6-20,23-40H2,1-5H3/b22-21-. The van der Waals surface area contributed by atoms with E-state index in [-0.39, 0.29) is 37.0 Å². The third kappa shape index (κ3) is 32.5. The van der Waals surface area contributed by atoms with Crippen molar-refractivity contribution < 1.29 is 23.9 Å². The largest absolute Gasteiger partial charge is 0.464 e. The Bertz CT molecular complexity index is 832. The van der Waals surface area contributed by atoms with E-state index in [0.717, 1.165) is 64.3 Å². The van der Waals surface area contributed by atoms with Gasteiger partial charge in [-0.2, -0.15) is 0 Å². The molecular weight excluding hydrogens is 636 g/mol. The summed E-state index contributed by atoms with van der Waals surface area (Å²) in [5, 5.41) is 0. The fraction of sp³-hybridized carbons (Fsp3) is 0.886. The molecule has 51 heavy (non-hydrogen) atoms. The minimum absolute atomic E-state index is 0.00264. The van der Waals surface area contributed by atoms with Crippen molar-refractivity contribution in [2.45, 2.75) is 201 Å². The Labute approximate surface area is 316 Å². The predicted molar refractivity (Wildman–Crippen MR) is 216 cm³/mol. The smallest absolute Gasteiger partial charge is 0.308 e. The fourth-order valence-corrected chi connectivity index (χ4v) is 6.39. The zero-order chi connectivity index (χ0) is 37.6. The summed E-state index contributed by atoms with van der Waals surface area (Å²) in [5.74, 6) is -0.377. The van der Waals surface area contributed by atoms with Gasteiger partial charge in [-0.15, -0.1) is 0 Å². The first kappa shape index (κ1) is 49.1. The van der Waals surface area contributed by atoms with E-state index in [0.29, 0.717) is 32.5 Å². The number of rotatable bonds is 38. The van der Waals surface area contributed by atoms with E-state index in [1.807, 2.05) is 7.05 Å². The second-order valence-electron chi connectivity index (χ2n) is 14.9. The Balaban J connectivity index is 4.52. The van der Waals surface area contributed by atoms with Crippen molar-refractivity contribution in [3.8, 4) is 0 Å². The number of amides is 1. The van der Waals surface area contributed by atoms with Crippen LogP contribution < -0.4 is 0 Å². The topological polar surface area (TPSA) is 76.1 Å². The van der Waals surface area contributed by atoms with Crippen molar-refractivity contribution in [1.29, 1.82) is 0 Å². The molecule has 0 rings (SSSR count). The highest BCUT2D eigenvalue weighted by molar-refractivity contribution is 5.76. The van der Waals surface area contributed by atoms with Crippen LogP contribution in [-0.2, 0) is 23.9 Å². The second-order valence-corrected chi connectivity index (χ2v) is 14.9. The quantitative estimate of drug-likeness (QED) is 0.0359. The molecule has 0 fully saturated rings. The van der Waals surface area contributed by atoms with Crippen LogP contribution in [0.25, 0.3) is 0 Å². The molecule has 7 nitrogen and oxygen atoms in total. The van der Waals surface area contributed by atoms with Gasteiger partial charge in [-0.25, -0.2) is 0 Å². The first-order valence-electron chi connectivity index (χ1n) is 21.8. The van der Waals surface area contributed by atoms with Crippen molar-refractivity contribution in [3.05, 3.63) is 12.2 Å². The van der Waals surface area contributed by atoms with E-state index in [1.165, 1.54) is 103 Å². The second kappa shape index (κ2) is 37.9. The molecule has 0 aliphatic rings. The highest BCUT2D eigenvalue weighted by atomic mass is 16.5. The lowest BCUT2D eigenvalue weighted by Gasteiger charge is -2.24. The van der Waals surface area contributed by atoms with Gasteiger partial charge < -0.3 is 19.3 Å². The maximum atomic E-state index is 13.2. The van der Waals surface area contributed by atoms with Gasteiger partial charge in [0, 0.05) is 19.4 Å². The van der Waals surface area contributed by atoms with Crippen molar-refractivity contribution in [3.63, 3.8) is 0 Å². The molecule has 0 saturated heterocycles. The highest BCUT2D eigenvalue weighted by Gasteiger charge is 2.21. The van der Waals surface area contributed by atoms with Gasteiger partial charge in [-0.05, 0) is 58.5 Å². The maximum Gasteiger partial charge on any atom is 0.308 e. The third-order valence-electron chi connectivity index (χ3n) is 10.1. The molecule has 7 heteroatoms. The van der Waals surface area contributed by atoms with Gasteiger partial charge in [-0.1, -0.05) is 155 Å². The lowest BCUT2D eigenvalue weighted by molar-refractivity contribution is -0.151. The Morgan fingerprint density at radius 1 is 0.529 bits per heavy atom. The molecule has 1 amide bonds. The van der Waals surface area contributed by atoms with E-state index < -0.39 is 0 Å². The number of ether oxygens (including phenoxy) is 2. The molecule has 0 aromatic heterocycles. The fourth-order valence-electron chi connectivity index (χ4n) is 6.39. The molecule has 0 radical (unpaired) electrons. The molecule has 0 aromatic rings. The normalized spacial score (nSPS) is 12.1. The highest BCUT2D eigenvalue weighted by Crippen LogP contribution is 2.20. The molecule has 300 valence electrons. The molecule has 1 atom stereocenters. The van der Waals surface area contributed by atoms with Gasteiger partial charge >= 0.3 is 11.9 Å². The summed E-state index contributed by atoms with van der Waals surface area (Å²) in [6.45, 7) is 11.3. The van der Waals surface area contributed by atoms with E-state index in [4.69, 9.17) is 9.47 Å². The van der Waals surface area contributed by atoms with Crippen LogP contribution in [0.3, 0.4) is 0 Å². The van der Waals surface area contributed by atoms with Crippen LogP contribution in [0.15, 0.2) is 12.2 Å². The lowest BCUT2D eigenvalue weighted by atomic mass is 9.94. The Hall–Kier alpha value is -1.89. The summed E-state index contributed by atoms with van der Waals surface area (Å²) in [4.78, 5) is 42.6. The Morgan fingerprint density at radius 3 is 1.51 bits per heavy atom. The average Bonchev–Trinajstić information content (AvgIpc) is 3.13. The van der Waals surface area contributed by atoms with Crippen LogP contribution in [-0.4, -0.2) is 74.1 Å². The van der Waals surface area contributed by atoms with Crippen molar-refractivity contribution >= 4 is 17.8 Å². The molecular formula is C44H84N2O5. The van der Waals surface area contributed by atoms with Gasteiger partial charge in [-0.3, -0.25) is 14.4 Å². The molecule has 0 aliphatic carbocycles. The lowest BCUT2D eigenvalue weighted by Crippen LogP contribution is -2.39. The molecule has 0 heterocycles. The number of nitrogens with zero attached hydrogens (tertiary/aromatic N) is 2. The van der Waals surface area contributed by atoms with Crippen LogP contribution >= 0.6 is 0 Å². The van der Waals surface area contributed by atoms with Gasteiger partial charge in [0.15, 0.2) is 0 Å². The molecule has 0 bridgehead atoms. The minimum atomic E-state index is -0.197. The van der Waals surface area contributed by atoms with Crippen molar-refractivity contribution in [1.82, 2.24) is 9.80 Å². The van der Waals surface area contributed by atoms with Crippen LogP contribution in [0, 0.1) is 5.92 Å². The number of allylic oxidation sites excluding steroid dienone is 2.